The number of hydrogen-bond donors (Lipinski definition) is 1. The molecule has 0 aliphatic heterocycles. The summed E-state index contributed by atoms with van der Waals surface area (Å²) in [6.45, 7) is 10.5. The van der Waals surface area contributed by atoms with Crippen LogP contribution in [0.1, 0.15) is 39.5 Å². The van der Waals surface area contributed by atoms with Gasteiger partial charge in [0.05, 0.1) is 13.2 Å². The van der Waals surface area contributed by atoms with Crippen LogP contribution in [0.15, 0.2) is 0 Å². The van der Waals surface area contributed by atoms with Crippen LogP contribution in [0.2, 0.25) is 0 Å². The van der Waals surface area contributed by atoms with Gasteiger partial charge in [-0.25, -0.2) is 0 Å². The Balaban J connectivity index is 3.66. The van der Waals surface area contributed by atoms with Crippen LogP contribution in [0.25, 0.3) is 0 Å². The molecule has 0 saturated heterocycles. The minimum Gasteiger partial charge on any atom is -0.383 e. The van der Waals surface area contributed by atoms with Crippen molar-refractivity contribution in [2.45, 2.75) is 45.6 Å². The second kappa shape index (κ2) is 14.3. The molecule has 0 spiro atoms. The van der Waals surface area contributed by atoms with Gasteiger partial charge in [-0.1, -0.05) is 13.3 Å². The molecular weight excluding hydrogens is 240 g/mol. The lowest BCUT2D eigenvalue weighted by atomic mass is 10.2. The minimum absolute atomic E-state index is 0.471. The quantitative estimate of drug-likeness (QED) is 0.492. The molecule has 0 saturated carbocycles. The van der Waals surface area contributed by atoms with Gasteiger partial charge in [0, 0.05) is 26.8 Å². The van der Waals surface area contributed by atoms with Gasteiger partial charge in [-0.3, -0.25) is 4.90 Å². The molecule has 4 heteroatoms. The molecule has 1 atom stereocenters. The Bertz CT molecular complexity index is 180. The zero-order valence-electron chi connectivity index (χ0n) is 13.4. The van der Waals surface area contributed by atoms with E-state index < -0.39 is 0 Å². The minimum atomic E-state index is 0.471. The highest BCUT2D eigenvalue weighted by Crippen LogP contribution is 2.04. The van der Waals surface area contributed by atoms with Crippen LogP contribution in [-0.4, -0.2) is 64.6 Å². The fraction of sp³-hybridized carbons (Fsp3) is 1.00. The van der Waals surface area contributed by atoms with Crippen molar-refractivity contribution in [2.75, 3.05) is 53.6 Å². The van der Waals surface area contributed by atoms with Crippen molar-refractivity contribution < 1.29 is 9.47 Å². The molecule has 0 radical (unpaired) electrons. The molecule has 1 N–H and O–H groups in total. The summed E-state index contributed by atoms with van der Waals surface area (Å²) in [6.07, 6.45) is 5.04. The molecule has 0 aromatic rings. The molecule has 0 aromatic carbocycles. The number of nitrogens with zero attached hydrogens (tertiary/aromatic N) is 1. The predicted molar refractivity (Wildman–Crippen MR) is 81.8 cm³/mol. The maximum Gasteiger partial charge on any atom is 0.0615 e. The molecule has 19 heavy (non-hydrogen) atoms. The lowest BCUT2D eigenvalue weighted by Gasteiger charge is -2.28. The fourth-order valence-electron chi connectivity index (χ4n) is 2.15. The van der Waals surface area contributed by atoms with E-state index in [1.165, 1.54) is 25.7 Å². The number of hydrogen-bond acceptors (Lipinski definition) is 4. The second-order valence-electron chi connectivity index (χ2n) is 5.14. The topological polar surface area (TPSA) is 33.7 Å². The maximum atomic E-state index is 5.24. The number of methoxy groups -OCH3 is 2. The highest BCUT2D eigenvalue weighted by Gasteiger charge is 2.12. The largest absolute Gasteiger partial charge is 0.383 e. The average Bonchev–Trinajstić information content (AvgIpc) is 2.41. The molecule has 1 unspecified atom stereocenters. The summed E-state index contributed by atoms with van der Waals surface area (Å²) in [5, 5.41) is 3.45. The van der Waals surface area contributed by atoms with Gasteiger partial charge in [0.2, 0.25) is 0 Å². The van der Waals surface area contributed by atoms with Crippen LogP contribution in [0.3, 0.4) is 0 Å². The van der Waals surface area contributed by atoms with Crippen LogP contribution >= 0.6 is 0 Å². The van der Waals surface area contributed by atoms with Gasteiger partial charge in [0.15, 0.2) is 0 Å². The smallest absolute Gasteiger partial charge is 0.0615 e. The van der Waals surface area contributed by atoms with Gasteiger partial charge < -0.3 is 14.8 Å². The van der Waals surface area contributed by atoms with E-state index in [0.29, 0.717) is 6.04 Å². The normalized spacial score (nSPS) is 13.1. The Hall–Kier alpha value is -0.160. The molecule has 0 amide bonds. The van der Waals surface area contributed by atoms with E-state index in [4.69, 9.17) is 9.47 Å². The summed E-state index contributed by atoms with van der Waals surface area (Å²) in [4.78, 5) is 2.46. The molecule has 0 aliphatic rings. The van der Waals surface area contributed by atoms with Gasteiger partial charge in [0.1, 0.15) is 0 Å². The Morgan fingerprint density at radius 3 is 2.42 bits per heavy atom. The van der Waals surface area contributed by atoms with E-state index in [1.807, 2.05) is 0 Å². The van der Waals surface area contributed by atoms with E-state index in [-0.39, 0.29) is 0 Å². The predicted octanol–water partition coefficient (Wildman–Crippen LogP) is 2.14. The molecule has 0 bridgehead atoms. The summed E-state index contributed by atoms with van der Waals surface area (Å²) < 4.78 is 10.4. The first-order valence-electron chi connectivity index (χ1n) is 7.68. The molecular formula is C15H34N2O2. The van der Waals surface area contributed by atoms with Gasteiger partial charge in [0.25, 0.3) is 0 Å². The second-order valence-corrected chi connectivity index (χ2v) is 5.14. The van der Waals surface area contributed by atoms with E-state index in [9.17, 15) is 0 Å². The van der Waals surface area contributed by atoms with Crippen molar-refractivity contribution in [2.24, 2.45) is 0 Å². The molecule has 0 heterocycles. The zero-order chi connectivity index (χ0) is 14.3. The van der Waals surface area contributed by atoms with E-state index in [1.54, 1.807) is 14.2 Å². The van der Waals surface area contributed by atoms with Crippen molar-refractivity contribution >= 4 is 0 Å². The van der Waals surface area contributed by atoms with E-state index >= 15 is 0 Å². The number of rotatable bonds is 14. The summed E-state index contributed by atoms with van der Waals surface area (Å²) in [6, 6.07) is 0.471. The SMILES string of the molecule is CCCNCCCCCN(CCOC)C(C)COC. The highest BCUT2D eigenvalue weighted by molar-refractivity contribution is 4.67. The third-order valence-corrected chi connectivity index (χ3v) is 3.34. The molecule has 0 aromatic heterocycles. The van der Waals surface area contributed by atoms with Crippen LogP contribution in [0.4, 0.5) is 0 Å². The zero-order valence-corrected chi connectivity index (χ0v) is 13.4. The third-order valence-electron chi connectivity index (χ3n) is 3.34. The standard InChI is InChI=1S/C15H34N2O2/c1-5-9-16-10-7-6-8-11-17(12-13-18-3)15(2)14-19-4/h15-16H,5-14H2,1-4H3. The first-order valence-corrected chi connectivity index (χ1v) is 7.68. The number of nitrogens with one attached hydrogen (secondary N) is 1. The summed E-state index contributed by atoms with van der Waals surface area (Å²) in [5.41, 5.74) is 0. The summed E-state index contributed by atoms with van der Waals surface area (Å²) in [5.74, 6) is 0. The van der Waals surface area contributed by atoms with Crippen molar-refractivity contribution in [1.82, 2.24) is 10.2 Å². The fourth-order valence-corrected chi connectivity index (χ4v) is 2.15. The molecule has 116 valence electrons. The van der Waals surface area contributed by atoms with Crippen LogP contribution in [-0.2, 0) is 9.47 Å². The Kier molecular flexibility index (Phi) is 14.1. The monoisotopic (exact) mass is 274 g/mol. The Labute approximate surface area is 119 Å². The lowest BCUT2D eigenvalue weighted by molar-refractivity contribution is 0.0740. The molecule has 0 fully saturated rings. The van der Waals surface area contributed by atoms with Gasteiger partial charge in [-0.05, 0) is 45.8 Å². The molecule has 4 nitrogen and oxygen atoms in total. The highest BCUT2D eigenvalue weighted by atomic mass is 16.5. The van der Waals surface area contributed by atoms with Gasteiger partial charge >= 0.3 is 0 Å². The number of unbranched alkanes of at least 4 members (excludes halogenated alkanes) is 2. The lowest BCUT2D eigenvalue weighted by Crippen LogP contribution is -2.39. The van der Waals surface area contributed by atoms with Crippen LogP contribution in [0.5, 0.6) is 0 Å². The third kappa shape index (κ3) is 11.4. The molecule has 0 rings (SSSR count). The maximum absolute atomic E-state index is 5.24. The summed E-state index contributed by atoms with van der Waals surface area (Å²) >= 11 is 0. The Morgan fingerprint density at radius 2 is 1.79 bits per heavy atom. The van der Waals surface area contributed by atoms with Crippen molar-refractivity contribution in [3.8, 4) is 0 Å². The van der Waals surface area contributed by atoms with Crippen LogP contribution in [0, 0.1) is 0 Å². The van der Waals surface area contributed by atoms with E-state index in [0.717, 1.165) is 39.4 Å². The van der Waals surface area contributed by atoms with Crippen molar-refractivity contribution in [3.05, 3.63) is 0 Å². The first-order chi connectivity index (χ1) is 9.26. The van der Waals surface area contributed by atoms with Crippen molar-refractivity contribution in [3.63, 3.8) is 0 Å². The molecule has 0 aliphatic carbocycles. The summed E-state index contributed by atoms with van der Waals surface area (Å²) in [7, 11) is 3.53. The van der Waals surface area contributed by atoms with Gasteiger partial charge in [-0.15, -0.1) is 0 Å². The van der Waals surface area contributed by atoms with Crippen molar-refractivity contribution in [1.29, 1.82) is 0 Å². The van der Waals surface area contributed by atoms with Crippen LogP contribution < -0.4 is 5.32 Å². The van der Waals surface area contributed by atoms with Gasteiger partial charge in [-0.2, -0.15) is 0 Å². The average molecular weight is 274 g/mol. The first kappa shape index (κ1) is 18.8. The van der Waals surface area contributed by atoms with E-state index in [2.05, 4.69) is 24.1 Å². The number of ether oxygens (including phenoxy) is 2. The Morgan fingerprint density at radius 1 is 1.00 bits per heavy atom.